The Morgan fingerprint density at radius 2 is 1.76 bits per heavy atom. The number of urea groups is 1. The summed E-state index contributed by atoms with van der Waals surface area (Å²) < 4.78 is 0. The van der Waals surface area contributed by atoms with Gasteiger partial charge in [0.25, 0.3) is 0 Å². The maximum Gasteiger partial charge on any atom is 0.318 e. The molecule has 3 aliphatic rings. The van der Waals surface area contributed by atoms with Gasteiger partial charge in [0, 0.05) is 26.1 Å². The highest BCUT2D eigenvalue weighted by atomic mass is 16.2. The van der Waals surface area contributed by atoms with E-state index in [9.17, 15) is 9.59 Å². The molecular weight excluding hydrogens is 370 g/mol. The van der Waals surface area contributed by atoms with E-state index >= 15 is 0 Å². The Labute approximate surface area is 174 Å². The molecule has 0 aromatic heterocycles. The summed E-state index contributed by atoms with van der Waals surface area (Å²) in [7, 11) is 0. The highest BCUT2D eigenvalue weighted by Crippen LogP contribution is 2.34. The average Bonchev–Trinajstić information content (AvgIpc) is 2.67. The highest BCUT2D eigenvalue weighted by molar-refractivity contribution is 5.74. The molecule has 0 radical (unpaired) electrons. The van der Waals surface area contributed by atoms with Crippen molar-refractivity contribution in [1.29, 1.82) is 0 Å². The number of carbonyl (C=O) groups excluding carboxylic acids is 2. The van der Waals surface area contributed by atoms with Gasteiger partial charge in [-0.25, -0.2) is 4.79 Å². The number of rotatable bonds is 7. The van der Waals surface area contributed by atoms with Crippen LogP contribution in [-0.2, 0) is 4.79 Å². The van der Waals surface area contributed by atoms with Crippen LogP contribution in [0.2, 0.25) is 0 Å². The van der Waals surface area contributed by atoms with Crippen LogP contribution in [0.3, 0.4) is 0 Å². The van der Waals surface area contributed by atoms with Gasteiger partial charge in [0.2, 0.25) is 5.91 Å². The number of hydrogen-bond donors (Lipinski definition) is 7. The third kappa shape index (κ3) is 7.40. The van der Waals surface area contributed by atoms with Crippen LogP contribution in [0.1, 0.15) is 58.8 Å². The van der Waals surface area contributed by atoms with Gasteiger partial charge in [0.15, 0.2) is 0 Å². The van der Waals surface area contributed by atoms with Crippen molar-refractivity contribution in [3.63, 3.8) is 0 Å². The zero-order chi connectivity index (χ0) is 20.6. The molecule has 2 heterocycles. The van der Waals surface area contributed by atoms with Crippen LogP contribution in [0.5, 0.6) is 0 Å². The molecule has 7 N–H and O–H groups in total. The number of fused-ring (bicyclic) bond motifs is 1. The van der Waals surface area contributed by atoms with Crippen molar-refractivity contribution >= 4 is 11.9 Å². The highest BCUT2D eigenvalue weighted by Gasteiger charge is 2.33. The van der Waals surface area contributed by atoms with E-state index in [1.807, 2.05) is 0 Å². The van der Waals surface area contributed by atoms with Crippen molar-refractivity contribution in [2.45, 2.75) is 83.5 Å². The summed E-state index contributed by atoms with van der Waals surface area (Å²) in [5.41, 5.74) is 0. The first kappa shape index (κ1) is 22.3. The van der Waals surface area contributed by atoms with Gasteiger partial charge < -0.3 is 21.3 Å². The van der Waals surface area contributed by atoms with E-state index in [1.54, 1.807) is 0 Å². The Hall–Kier alpha value is -1.42. The topological polar surface area (TPSA) is 118 Å². The minimum atomic E-state index is -0.280. The summed E-state index contributed by atoms with van der Waals surface area (Å²) in [6, 6.07) is 0.130. The Bertz CT molecular complexity index is 547. The molecule has 166 valence electrons. The molecule has 3 rings (SSSR count). The molecule has 3 fully saturated rings. The Morgan fingerprint density at radius 1 is 0.966 bits per heavy atom. The molecule has 6 unspecified atom stereocenters. The van der Waals surface area contributed by atoms with Gasteiger partial charge in [-0.05, 0) is 51.0 Å². The minimum Gasteiger partial charge on any atom is -0.356 e. The molecule has 0 aromatic rings. The molecule has 0 bridgehead atoms. The minimum absolute atomic E-state index is 0.000327. The van der Waals surface area contributed by atoms with Crippen LogP contribution < -0.4 is 37.2 Å². The van der Waals surface area contributed by atoms with Crippen LogP contribution in [0, 0.1) is 11.8 Å². The second kappa shape index (κ2) is 11.1. The van der Waals surface area contributed by atoms with Gasteiger partial charge in [-0.15, -0.1) is 0 Å². The fourth-order valence-corrected chi connectivity index (χ4v) is 4.86. The summed E-state index contributed by atoms with van der Waals surface area (Å²) >= 11 is 0. The lowest BCUT2D eigenvalue weighted by Gasteiger charge is -2.40. The second-order valence-electron chi connectivity index (χ2n) is 8.87. The number of hydrogen-bond acceptors (Lipinski definition) is 6. The molecule has 3 amide bonds. The predicted molar refractivity (Wildman–Crippen MR) is 113 cm³/mol. The first-order valence-electron chi connectivity index (χ1n) is 11.3. The fraction of sp³-hybridized carbons (Fsp3) is 0.900. The molecule has 2 saturated heterocycles. The molecule has 1 aliphatic carbocycles. The first-order chi connectivity index (χ1) is 14.0. The summed E-state index contributed by atoms with van der Waals surface area (Å²) in [4.78, 5) is 23.4. The van der Waals surface area contributed by atoms with Crippen LogP contribution in [0.4, 0.5) is 4.79 Å². The van der Waals surface area contributed by atoms with Crippen molar-refractivity contribution in [1.82, 2.24) is 37.2 Å². The van der Waals surface area contributed by atoms with E-state index < -0.39 is 0 Å². The number of piperidine rings is 1. The van der Waals surface area contributed by atoms with Gasteiger partial charge in [-0.3, -0.25) is 20.7 Å². The van der Waals surface area contributed by atoms with E-state index in [2.05, 4.69) is 44.1 Å². The maximum atomic E-state index is 12.5. The molecule has 2 aliphatic heterocycles. The predicted octanol–water partition coefficient (Wildman–Crippen LogP) is 0.108. The van der Waals surface area contributed by atoms with E-state index in [-0.39, 0.29) is 36.6 Å². The molecule has 6 atom stereocenters. The summed E-state index contributed by atoms with van der Waals surface area (Å²) in [6.45, 7) is 6.13. The standard InChI is InChI=1S/C20H39N7O2/c1-13-10-17(22-9-5-8-21-14(2)28)25-19(24-13)27-20(29)26-18-11-15-6-3-4-7-16(15)12-23-18/h13,15-19,22-25H,3-12H2,1-2H3,(H,21,28)(H2,26,27,29). The molecule has 9 nitrogen and oxygen atoms in total. The van der Waals surface area contributed by atoms with Crippen molar-refractivity contribution in [2.24, 2.45) is 11.8 Å². The van der Waals surface area contributed by atoms with Crippen molar-refractivity contribution in [2.75, 3.05) is 19.6 Å². The molecule has 9 heteroatoms. The lowest BCUT2D eigenvalue weighted by Crippen LogP contribution is -2.69. The molecule has 29 heavy (non-hydrogen) atoms. The van der Waals surface area contributed by atoms with Crippen LogP contribution in [0.15, 0.2) is 0 Å². The smallest absolute Gasteiger partial charge is 0.318 e. The second-order valence-corrected chi connectivity index (χ2v) is 8.87. The van der Waals surface area contributed by atoms with Gasteiger partial charge in [0.05, 0.1) is 12.3 Å². The van der Waals surface area contributed by atoms with Gasteiger partial charge >= 0.3 is 6.03 Å². The lowest BCUT2D eigenvalue weighted by molar-refractivity contribution is -0.118. The largest absolute Gasteiger partial charge is 0.356 e. The molecule has 1 saturated carbocycles. The van der Waals surface area contributed by atoms with Crippen LogP contribution >= 0.6 is 0 Å². The normalized spacial score (nSPS) is 34.7. The average molecular weight is 410 g/mol. The number of amides is 3. The maximum absolute atomic E-state index is 12.5. The number of nitrogens with one attached hydrogen (secondary N) is 7. The molecular formula is C20H39N7O2. The quantitative estimate of drug-likeness (QED) is 0.300. The van der Waals surface area contributed by atoms with E-state index in [1.165, 1.54) is 32.6 Å². The monoisotopic (exact) mass is 409 g/mol. The van der Waals surface area contributed by atoms with Crippen LogP contribution in [-0.4, -0.2) is 56.2 Å². The van der Waals surface area contributed by atoms with Gasteiger partial charge in [0.1, 0.15) is 6.29 Å². The van der Waals surface area contributed by atoms with Crippen LogP contribution in [0.25, 0.3) is 0 Å². The van der Waals surface area contributed by atoms with Crippen molar-refractivity contribution in [3.8, 4) is 0 Å². The lowest BCUT2D eigenvalue weighted by atomic mass is 9.75. The summed E-state index contributed by atoms with van der Waals surface area (Å²) in [5, 5.41) is 22.6. The SMILES string of the molecule is CC(=O)NCCCNC1CC(C)NC(NC(=O)NC2CC3CCCCC3CN2)N1. The number of carbonyl (C=O) groups is 2. The summed E-state index contributed by atoms with van der Waals surface area (Å²) in [5.74, 6) is 1.53. The van der Waals surface area contributed by atoms with Gasteiger partial charge in [-0.2, -0.15) is 0 Å². The van der Waals surface area contributed by atoms with E-state index in [0.29, 0.717) is 6.54 Å². The fourth-order valence-electron chi connectivity index (χ4n) is 4.86. The van der Waals surface area contributed by atoms with E-state index in [0.717, 1.165) is 44.2 Å². The Balaban J connectivity index is 1.36. The zero-order valence-corrected chi connectivity index (χ0v) is 17.9. The summed E-state index contributed by atoms with van der Waals surface area (Å²) in [6.07, 6.45) is 8.00. The third-order valence-electron chi connectivity index (χ3n) is 6.34. The van der Waals surface area contributed by atoms with Crippen molar-refractivity contribution < 1.29 is 9.59 Å². The third-order valence-corrected chi connectivity index (χ3v) is 6.34. The first-order valence-corrected chi connectivity index (χ1v) is 11.3. The Morgan fingerprint density at radius 3 is 2.55 bits per heavy atom. The van der Waals surface area contributed by atoms with Crippen molar-refractivity contribution in [3.05, 3.63) is 0 Å². The molecule has 0 aromatic carbocycles. The Kier molecular flexibility index (Phi) is 8.53. The molecule has 0 spiro atoms. The van der Waals surface area contributed by atoms with E-state index in [4.69, 9.17) is 0 Å². The van der Waals surface area contributed by atoms with Gasteiger partial charge in [-0.1, -0.05) is 19.3 Å². The zero-order valence-electron chi connectivity index (χ0n) is 17.9.